The van der Waals surface area contributed by atoms with Gasteiger partial charge in [-0.3, -0.25) is 0 Å². The molecule has 8 nitrogen and oxygen atoms in total. The number of nitrogens with zero attached hydrogens (tertiary/aromatic N) is 6. The van der Waals surface area contributed by atoms with E-state index in [9.17, 15) is 8.42 Å². The first-order chi connectivity index (χ1) is 10.1. The van der Waals surface area contributed by atoms with Gasteiger partial charge in [-0.2, -0.15) is 4.80 Å². The molecule has 22 heavy (non-hydrogen) atoms. The van der Waals surface area contributed by atoms with Crippen LogP contribution >= 0.6 is 0 Å². The van der Waals surface area contributed by atoms with E-state index < -0.39 is 14.6 Å². The third-order valence-corrected chi connectivity index (χ3v) is 5.51. The number of rotatable bonds is 5. The average molecular weight is 324 g/mol. The number of anilines is 1. The molecule has 0 saturated carbocycles. The molecule has 2 heterocycles. The monoisotopic (exact) mass is 324 g/mol. The highest BCUT2D eigenvalue weighted by atomic mass is 32.2. The number of hydrogen-bond acceptors (Lipinski definition) is 7. The van der Waals surface area contributed by atoms with Crippen LogP contribution in [0.3, 0.4) is 0 Å². The molecule has 120 valence electrons. The molecule has 0 amide bonds. The smallest absolute Gasteiger partial charge is 0.195 e. The van der Waals surface area contributed by atoms with Crippen LogP contribution in [-0.2, 0) is 21.1 Å². The van der Waals surface area contributed by atoms with Crippen LogP contribution in [0.5, 0.6) is 0 Å². The third-order valence-electron chi connectivity index (χ3n) is 3.47. The summed E-state index contributed by atoms with van der Waals surface area (Å²) in [5, 5.41) is 12.0. The van der Waals surface area contributed by atoms with Crippen molar-refractivity contribution in [3.05, 3.63) is 29.7 Å². The van der Waals surface area contributed by atoms with Crippen molar-refractivity contribution < 1.29 is 8.42 Å². The molecule has 0 radical (unpaired) electrons. The molecule has 0 unspecified atom stereocenters. The molecule has 0 atom stereocenters. The predicted molar refractivity (Wildman–Crippen MR) is 83.4 cm³/mol. The zero-order valence-electron chi connectivity index (χ0n) is 13.3. The summed E-state index contributed by atoms with van der Waals surface area (Å²) in [6.07, 6.45) is 1.16. The van der Waals surface area contributed by atoms with Gasteiger partial charge in [0.15, 0.2) is 15.7 Å². The lowest BCUT2D eigenvalue weighted by atomic mass is 10.2. The summed E-state index contributed by atoms with van der Waals surface area (Å²) in [6.45, 7) is 3.46. The summed E-state index contributed by atoms with van der Waals surface area (Å²) in [7, 11) is 0.485. The molecule has 0 aliphatic rings. The summed E-state index contributed by atoms with van der Waals surface area (Å²) in [4.78, 5) is 7.72. The molecule has 0 aliphatic carbocycles. The second-order valence-electron chi connectivity index (χ2n) is 5.81. The fourth-order valence-corrected chi connectivity index (χ4v) is 2.08. The summed E-state index contributed by atoms with van der Waals surface area (Å²) in [5.74, 6) is 1.01. The highest BCUT2D eigenvalue weighted by Crippen LogP contribution is 2.24. The molecule has 0 aromatic carbocycles. The zero-order chi connectivity index (χ0) is 16.5. The van der Waals surface area contributed by atoms with Crippen LogP contribution in [0.4, 0.5) is 5.82 Å². The fourth-order valence-electron chi connectivity index (χ4n) is 1.67. The normalized spacial score (nSPS) is 12.4. The van der Waals surface area contributed by atoms with E-state index in [0.29, 0.717) is 6.54 Å². The lowest BCUT2D eigenvalue weighted by molar-refractivity contribution is 0.539. The van der Waals surface area contributed by atoms with E-state index in [1.54, 1.807) is 13.8 Å². The number of pyridine rings is 1. The van der Waals surface area contributed by atoms with Crippen molar-refractivity contribution in [3.8, 4) is 0 Å². The molecule has 2 aromatic heterocycles. The van der Waals surface area contributed by atoms with Gasteiger partial charge in [-0.05, 0) is 31.2 Å². The van der Waals surface area contributed by atoms with Crippen LogP contribution in [0.2, 0.25) is 0 Å². The predicted octanol–water partition coefficient (Wildman–Crippen LogP) is 0.462. The minimum Gasteiger partial charge on any atom is -0.363 e. The zero-order valence-corrected chi connectivity index (χ0v) is 14.2. The van der Waals surface area contributed by atoms with Gasteiger partial charge in [0.2, 0.25) is 0 Å². The Morgan fingerprint density at radius 2 is 1.95 bits per heavy atom. The maximum Gasteiger partial charge on any atom is 0.195 e. The average Bonchev–Trinajstić information content (AvgIpc) is 2.86. The summed E-state index contributed by atoms with van der Waals surface area (Å²) in [5.41, 5.74) is 0.771. The standard InChI is InChI=1S/C13H20N6O2S/c1-13(2,22(5,20)21)12-15-17-19(16-12)9-10-7-6-8-11(14-10)18(3)4/h6-8H,9H2,1-5H3. The third kappa shape index (κ3) is 3.24. The van der Waals surface area contributed by atoms with Crippen molar-refractivity contribution in [1.29, 1.82) is 0 Å². The Bertz CT molecular complexity index is 766. The van der Waals surface area contributed by atoms with E-state index in [4.69, 9.17) is 0 Å². The van der Waals surface area contributed by atoms with Crippen LogP contribution in [-0.4, -0.2) is 54.0 Å². The van der Waals surface area contributed by atoms with E-state index in [1.165, 1.54) is 4.80 Å². The Labute approximate surface area is 130 Å². The molecule has 0 saturated heterocycles. The van der Waals surface area contributed by atoms with Crippen molar-refractivity contribution in [2.45, 2.75) is 25.1 Å². The van der Waals surface area contributed by atoms with E-state index in [2.05, 4.69) is 20.4 Å². The Hall–Kier alpha value is -2.03. The minimum absolute atomic E-state index is 0.179. The highest BCUT2D eigenvalue weighted by Gasteiger charge is 2.37. The van der Waals surface area contributed by atoms with Gasteiger partial charge in [0.05, 0.1) is 5.69 Å². The van der Waals surface area contributed by atoms with Crippen molar-refractivity contribution in [3.63, 3.8) is 0 Å². The Morgan fingerprint density at radius 3 is 2.55 bits per heavy atom. The molecule has 0 bridgehead atoms. The van der Waals surface area contributed by atoms with Crippen LogP contribution in [0.1, 0.15) is 25.4 Å². The first-order valence-electron chi connectivity index (χ1n) is 6.72. The quantitative estimate of drug-likeness (QED) is 0.788. The summed E-state index contributed by atoms with van der Waals surface area (Å²) in [6, 6.07) is 5.66. The van der Waals surface area contributed by atoms with Gasteiger partial charge in [-0.15, -0.1) is 10.2 Å². The number of hydrogen-bond donors (Lipinski definition) is 0. The van der Waals surface area contributed by atoms with Crippen LogP contribution in [0.15, 0.2) is 18.2 Å². The number of aromatic nitrogens is 5. The maximum absolute atomic E-state index is 11.8. The lowest BCUT2D eigenvalue weighted by Gasteiger charge is -2.17. The van der Waals surface area contributed by atoms with Gasteiger partial charge in [0.25, 0.3) is 0 Å². The van der Waals surface area contributed by atoms with E-state index in [0.717, 1.165) is 17.8 Å². The summed E-state index contributed by atoms with van der Waals surface area (Å²) < 4.78 is 22.4. The Kier molecular flexibility index (Phi) is 4.19. The second kappa shape index (κ2) is 5.64. The van der Waals surface area contributed by atoms with Crippen molar-refractivity contribution in [2.75, 3.05) is 25.3 Å². The maximum atomic E-state index is 11.8. The molecule has 2 rings (SSSR count). The van der Waals surface area contributed by atoms with Crippen LogP contribution < -0.4 is 4.90 Å². The fraction of sp³-hybridized carbons (Fsp3) is 0.538. The van der Waals surface area contributed by atoms with Gasteiger partial charge < -0.3 is 4.90 Å². The van der Waals surface area contributed by atoms with E-state index in [1.807, 2.05) is 37.2 Å². The largest absolute Gasteiger partial charge is 0.363 e. The molecular formula is C13H20N6O2S. The molecule has 2 aromatic rings. The summed E-state index contributed by atoms with van der Waals surface area (Å²) >= 11 is 0. The van der Waals surface area contributed by atoms with Gasteiger partial charge >= 0.3 is 0 Å². The van der Waals surface area contributed by atoms with Gasteiger partial charge in [0, 0.05) is 20.4 Å². The van der Waals surface area contributed by atoms with E-state index >= 15 is 0 Å². The van der Waals surface area contributed by atoms with E-state index in [-0.39, 0.29) is 5.82 Å². The molecule has 0 spiro atoms. The lowest BCUT2D eigenvalue weighted by Crippen LogP contribution is -2.29. The molecule has 9 heteroatoms. The Morgan fingerprint density at radius 1 is 1.27 bits per heavy atom. The molecule has 0 fully saturated rings. The Balaban J connectivity index is 2.25. The second-order valence-corrected chi connectivity index (χ2v) is 8.37. The first kappa shape index (κ1) is 16.3. The molecule has 0 aliphatic heterocycles. The van der Waals surface area contributed by atoms with Crippen LogP contribution in [0.25, 0.3) is 0 Å². The van der Waals surface area contributed by atoms with Gasteiger partial charge in [-0.25, -0.2) is 13.4 Å². The SMILES string of the molecule is CN(C)c1cccc(Cn2nnc(C(C)(C)S(C)(=O)=O)n2)n1. The molecular weight excluding hydrogens is 304 g/mol. The number of tetrazole rings is 1. The number of sulfone groups is 1. The minimum atomic E-state index is -3.33. The van der Waals surface area contributed by atoms with Crippen molar-refractivity contribution >= 4 is 15.7 Å². The van der Waals surface area contributed by atoms with Crippen molar-refractivity contribution in [1.82, 2.24) is 25.2 Å². The first-order valence-corrected chi connectivity index (χ1v) is 8.61. The van der Waals surface area contributed by atoms with Crippen molar-refractivity contribution in [2.24, 2.45) is 0 Å². The van der Waals surface area contributed by atoms with Crippen LogP contribution in [0, 0.1) is 0 Å². The van der Waals surface area contributed by atoms with Gasteiger partial charge in [0.1, 0.15) is 17.1 Å². The highest BCUT2D eigenvalue weighted by molar-refractivity contribution is 7.91. The van der Waals surface area contributed by atoms with Gasteiger partial charge in [-0.1, -0.05) is 6.07 Å². The topological polar surface area (TPSA) is 93.9 Å². The molecule has 0 N–H and O–H groups in total.